The Morgan fingerprint density at radius 3 is 2.79 bits per heavy atom. The monoisotopic (exact) mass is 315 g/mol. The summed E-state index contributed by atoms with van der Waals surface area (Å²) in [7, 11) is 0. The molecule has 0 fully saturated rings. The van der Waals surface area contributed by atoms with Crippen LogP contribution >= 0.6 is 15.9 Å². The maximum absolute atomic E-state index is 4.54. The van der Waals surface area contributed by atoms with Gasteiger partial charge in [-0.2, -0.15) is 5.10 Å². The summed E-state index contributed by atoms with van der Waals surface area (Å²) in [5.74, 6) is 0. The zero-order valence-corrected chi connectivity index (χ0v) is 12.5. The molecule has 0 aliphatic rings. The molecule has 0 saturated carbocycles. The zero-order chi connectivity index (χ0) is 13.4. The molecule has 0 unspecified atom stereocenters. The van der Waals surface area contributed by atoms with Gasteiger partial charge in [-0.3, -0.25) is 9.67 Å². The zero-order valence-electron chi connectivity index (χ0n) is 10.9. The van der Waals surface area contributed by atoms with Crippen LogP contribution in [0.15, 0.2) is 41.0 Å². The fourth-order valence-electron chi connectivity index (χ4n) is 2.23. The van der Waals surface area contributed by atoms with E-state index in [-0.39, 0.29) is 0 Å². The van der Waals surface area contributed by atoms with Gasteiger partial charge in [0.25, 0.3) is 0 Å². The highest BCUT2D eigenvalue weighted by Gasteiger charge is 2.09. The van der Waals surface area contributed by atoms with E-state index in [1.165, 1.54) is 10.9 Å². The molecule has 0 spiro atoms. The van der Waals surface area contributed by atoms with Gasteiger partial charge in [-0.25, -0.2) is 0 Å². The van der Waals surface area contributed by atoms with Gasteiger partial charge in [-0.15, -0.1) is 0 Å². The second-order valence-electron chi connectivity index (χ2n) is 4.67. The van der Waals surface area contributed by atoms with Crippen LogP contribution in [0, 0.1) is 13.8 Å². The molecule has 19 heavy (non-hydrogen) atoms. The quantitative estimate of drug-likeness (QED) is 0.719. The molecule has 2 heterocycles. The van der Waals surface area contributed by atoms with Gasteiger partial charge >= 0.3 is 0 Å². The van der Waals surface area contributed by atoms with Gasteiger partial charge in [-0.05, 0) is 53.5 Å². The maximum atomic E-state index is 4.54. The van der Waals surface area contributed by atoms with Gasteiger partial charge in [0, 0.05) is 11.6 Å². The van der Waals surface area contributed by atoms with E-state index in [2.05, 4.69) is 57.2 Å². The molecule has 0 saturated heterocycles. The average Bonchev–Trinajstić information content (AvgIpc) is 2.66. The molecule has 1 aromatic carbocycles. The van der Waals surface area contributed by atoms with E-state index in [1.54, 1.807) is 0 Å². The molecule has 96 valence electrons. The van der Waals surface area contributed by atoms with Crippen LogP contribution in [0.1, 0.15) is 17.0 Å². The molecular formula is C15H14BrN3. The smallest absolute Gasteiger partial charge is 0.0738 e. The van der Waals surface area contributed by atoms with Crippen LogP contribution in [0.4, 0.5) is 0 Å². The molecule has 3 rings (SSSR count). The molecular weight excluding hydrogens is 302 g/mol. The van der Waals surface area contributed by atoms with E-state index in [1.807, 2.05) is 23.9 Å². The van der Waals surface area contributed by atoms with E-state index in [0.29, 0.717) is 0 Å². The van der Waals surface area contributed by atoms with Crippen LogP contribution in [0.5, 0.6) is 0 Å². The molecule has 3 nitrogen and oxygen atoms in total. The molecule has 0 amide bonds. The van der Waals surface area contributed by atoms with Crippen molar-refractivity contribution in [3.05, 3.63) is 58.0 Å². The minimum atomic E-state index is 0.781. The van der Waals surface area contributed by atoms with Gasteiger partial charge in [0.1, 0.15) is 0 Å². The minimum Gasteiger partial charge on any atom is -0.264 e. The highest BCUT2D eigenvalue weighted by molar-refractivity contribution is 9.10. The van der Waals surface area contributed by atoms with Crippen LogP contribution < -0.4 is 0 Å². The van der Waals surface area contributed by atoms with Crippen LogP contribution in [0.25, 0.3) is 10.9 Å². The summed E-state index contributed by atoms with van der Waals surface area (Å²) < 4.78 is 3.12. The van der Waals surface area contributed by atoms with Crippen LogP contribution in [0.2, 0.25) is 0 Å². The van der Waals surface area contributed by atoms with Crippen molar-refractivity contribution in [2.45, 2.75) is 20.4 Å². The molecule has 3 aromatic rings. The third-order valence-electron chi connectivity index (χ3n) is 3.29. The number of fused-ring (bicyclic) bond motifs is 1. The molecule has 0 atom stereocenters. The lowest BCUT2D eigenvalue weighted by Crippen LogP contribution is -2.04. The third-order valence-corrected chi connectivity index (χ3v) is 4.44. The van der Waals surface area contributed by atoms with Gasteiger partial charge in [0.15, 0.2) is 0 Å². The Bertz CT molecular complexity index is 746. The summed E-state index contributed by atoms with van der Waals surface area (Å²) in [4.78, 5) is 4.34. The first-order valence-electron chi connectivity index (χ1n) is 6.18. The van der Waals surface area contributed by atoms with Crippen molar-refractivity contribution in [2.24, 2.45) is 0 Å². The van der Waals surface area contributed by atoms with Crippen molar-refractivity contribution >= 4 is 26.8 Å². The summed E-state index contributed by atoms with van der Waals surface area (Å²) in [6.45, 7) is 4.87. The summed E-state index contributed by atoms with van der Waals surface area (Å²) in [5.41, 5.74) is 4.45. The number of nitrogens with zero attached hydrogens (tertiary/aromatic N) is 3. The van der Waals surface area contributed by atoms with Gasteiger partial charge in [0.2, 0.25) is 0 Å². The van der Waals surface area contributed by atoms with E-state index >= 15 is 0 Å². The predicted molar refractivity (Wildman–Crippen MR) is 80.2 cm³/mol. The number of hydrogen-bond acceptors (Lipinski definition) is 2. The van der Waals surface area contributed by atoms with E-state index in [9.17, 15) is 0 Å². The highest BCUT2D eigenvalue weighted by atomic mass is 79.9. The fourth-order valence-corrected chi connectivity index (χ4v) is 2.51. The van der Waals surface area contributed by atoms with Crippen molar-refractivity contribution < 1.29 is 0 Å². The molecule has 0 aliphatic heterocycles. The highest BCUT2D eigenvalue weighted by Crippen LogP contribution is 2.21. The number of hydrogen-bond donors (Lipinski definition) is 0. The number of rotatable bonds is 2. The number of aryl methyl sites for hydroxylation is 1. The lowest BCUT2D eigenvalue weighted by molar-refractivity contribution is 0.659. The Hall–Kier alpha value is -1.68. The summed E-state index contributed by atoms with van der Waals surface area (Å²) >= 11 is 3.56. The number of benzene rings is 1. The molecule has 0 radical (unpaired) electrons. The number of pyridine rings is 1. The topological polar surface area (TPSA) is 30.7 Å². The predicted octanol–water partition coefficient (Wildman–Crippen LogP) is 3.86. The van der Waals surface area contributed by atoms with Crippen molar-refractivity contribution in [3.8, 4) is 0 Å². The fraction of sp³-hybridized carbons (Fsp3) is 0.200. The van der Waals surface area contributed by atoms with Gasteiger partial charge in [0.05, 0.1) is 27.9 Å². The van der Waals surface area contributed by atoms with E-state index in [4.69, 9.17) is 0 Å². The van der Waals surface area contributed by atoms with Crippen molar-refractivity contribution in [2.75, 3.05) is 0 Å². The van der Waals surface area contributed by atoms with Crippen molar-refractivity contribution in [1.82, 2.24) is 14.8 Å². The maximum Gasteiger partial charge on any atom is 0.0738 e. The number of halogens is 1. The standard InChI is InChI=1S/C15H14BrN3/c1-10-15(16)11(2)19(18-10)9-12-5-6-14-13(8-12)4-3-7-17-14/h3-8H,9H2,1-2H3. The van der Waals surface area contributed by atoms with Crippen LogP contribution in [-0.4, -0.2) is 14.8 Å². The Morgan fingerprint density at radius 1 is 1.21 bits per heavy atom. The Kier molecular flexibility index (Phi) is 3.11. The molecule has 2 aromatic heterocycles. The average molecular weight is 316 g/mol. The lowest BCUT2D eigenvalue weighted by Gasteiger charge is -2.06. The molecule has 0 bridgehead atoms. The van der Waals surface area contributed by atoms with E-state index in [0.717, 1.165) is 27.9 Å². The Balaban J connectivity index is 1.98. The van der Waals surface area contributed by atoms with E-state index < -0.39 is 0 Å². The van der Waals surface area contributed by atoms with Crippen molar-refractivity contribution in [3.63, 3.8) is 0 Å². The SMILES string of the molecule is Cc1nn(Cc2ccc3ncccc3c2)c(C)c1Br. The Labute approximate surface area is 120 Å². The first-order chi connectivity index (χ1) is 9.15. The molecule has 0 aliphatic carbocycles. The summed E-state index contributed by atoms with van der Waals surface area (Å²) in [5, 5.41) is 5.71. The molecule has 0 N–H and O–H groups in total. The van der Waals surface area contributed by atoms with Crippen LogP contribution in [0.3, 0.4) is 0 Å². The van der Waals surface area contributed by atoms with Gasteiger partial charge in [-0.1, -0.05) is 12.1 Å². The molecule has 4 heteroatoms. The summed E-state index contributed by atoms with van der Waals surface area (Å²) in [6.07, 6.45) is 1.82. The third kappa shape index (κ3) is 2.28. The lowest BCUT2D eigenvalue weighted by atomic mass is 10.1. The first-order valence-corrected chi connectivity index (χ1v) is 6.97. The Morgan fingerprint density at radius 2 is 2.05 bits per heavy atom. The second kappa shape index (κ2) is 4.78. The second-order valence-corrected chi connectivity index (χ2v) is 5.47. The summed E-state index contributed by atoms with van der Waals surface area (Å²) in [6, 6.07) is 10.4. The first kappa shape index (κ1) is 12.4. The van der Waals surface area contributed by atoms with Gasteiger partial charge < -0.3 is 0 Å². The number of aromatic nitrogens is 3. The minimum absolute atomic E-state index is 0.781. The van der Waals surface area contributed by atoms with Crippen LogP contribution in [-0.2, 0) is 6.54 Å². The normalized spacial score (nSPS) is 11.1. The largest absolute Gasteiger partial charge is 0.264 e. The van der Waals surface area contributed by atoms with Crippen molar-refractivity contribution in [1.29, 1.82) is 0 Å².